The second kappa shape index (κ2) is 5.16. The molecule has 2 aromatic heterocycles. The molecule has 6 nitrogen and oxygen atoms in total. The molecular formula is C14H15N5O. The molecule has 6 heteroatoms. The average molecular weight is 269 g/mol. The molecule has 0 amide bonds. The number of methoxy groups -OCH3 is 1. The van der Waals surface area contributed by atoms with E-state index in [1.807, 2.05) is 37.4 Å². The number of nitrogens with one attached hydrogen (secondary N) is 1. The highest BCUT2D eigenvalue weighted by atomic mass is 16.5. The molecule has 1 aromatic carbocycles. The Morgan fingerprint density at radius 1 is 1.35 bits per heavy atom. The first-order valence-electron chi connectivity index (χ1n) is 6.41. The van der Waals surface area contributed by atoms with Gasteiger partial charge in [-0.2, -0.15) is 10.2 Å². The van der Waals surface area contributed by atoms with E-state index in [-0.39, 0.29) is 0 Å². The first kappa shape index (κ1) is 12.4. The second-order valence-corrected chi connectivity index (χ2v) is 4.29. The summed E-state index contributed by atoms with van der Waals surface area (Å²) in [6.07, 6.45) is 4.44. The third kappa shape index (κ3) is 2.16. The Kier molecular flexibility index (Phi) is 3.20. The summed E-state index contributed by atoms with van der Waals surface area (Å²) in [6, 6.07) is 7.63. The number of aromatic nitrogens is 5. The minimum absolute atomic E-state index is 0.662. The maximum atomic E-state index is 5.28. The van der Waals surface area contributed by atoms with E-state index in [2.05, 4.69) is 20.3 Å². The maximum Gasteiger partial charge on any atom is 0.183 e. The van der Waals surface area contributed by atoms with Gasteiger partial charge in [0.1, 0.15) is 11.6 Å². The molecule has 0 aliphatic heterocycles. The molecule has 1 N–H and O–H groups in total. The fourth-order valence-corrected chi connectivity index (χ4v) is 2.00. The summed E-state index contributed by atoms with van der Waals surface area (Å²) in [5.74, 6) is 2.29. The van der Waals surface area contributed by atoms with Gasteiger partial charge in [-0.1, -0.05) is 6.92 Å². The van der Waals surface area contributed by atoms with E-state index in [1.54, 1.807) is 18.0 Å². The number of nitrogens with zero attached hydrogens (tertiary/aromatic N) is 4. The van der Waals surface area contributed by atoms with E-state index in [1.165, 1.54) is 0 Å². The Hall–Kier alpha value is -2.63. The van der Waals surface area contributed by atoms with Gasteiger partial charge < -0.3 is 4.74 Å². The lowest BCUT2D eigenvalue weighted by Gasteiger charge is -2.09. The number of aryl methyl sites for hydroxylation is 1. The number of rotatable bonds is 4. The summed E-state index contributed by atoms with van der Waals surface area (Å²) < 4.78 is 7.06. The Labute approximate surface area is 116 Å². The normalized spacial score (nSPS) is 10.7. The van der Waals surface area contributed by atoms with Crippen LogP contribution in [0.3, 0.4) is 0 Å². The van der Waals surface area contributed by atoms with Crippen LogP contribution in [0.2, 0.25) is 0 Å². The fourth-order valence-electron chi connectivity index (χ4n) is 2.00. The van der Waals surface area contributed by atoms with Gasteiger partial charge in [0.05, 0.1) is 12.8 Å². The standard InChI is InChI=1S/C14H15N5O/c1-3-13-16-14(18-17-13)11-6-5-10(20-2)9-12(11)19-8-4-7-15-19/h4-9H,3H2,1-2H3,(H,16,17,18). The molecule has 0 aliphatic rings. The predicted octanol–water partition coefficient (Wildman–Crippen LogP) is 2.23. The maximum absolute atomic E-state index is 5.28. The van der Waals surface area contributed by atoms with Crippen LogP contribution in [0.5, 0.6) is 5.75 Å². The summed E-state index contributed by atoms with van der Waals surface area (Å²) in [4.78, 5) is 4.48. The van der Waals surface area contributed by atoms with Crippen LogP contribution in [0.15, 0.2) is 36.7 Å². The summed E-state index contributed by atoms with van der Waals surface area (Å²) in [6.45, 7) is 2.03. The zero-order valence-electron chi connectivity index (χ0n) is 11.4. The first-order chi connectivity index (χ1) is 9.81. The van der Waals surface area contributed by atoms with E-state index in [0.717, 1.165) is 29.2 Å². The zero-order chi connectivity index (χ0) is 13.9. The minimum atomic E-state index is 0.662. The molecule has 0 fully saturated rings. The van der Waals surface area contributed by atoms with Gasteiger partial charge in [-0.15, -0.1) is 0 Å². The zero-order valence-corrected chi connectivity index (χ0v) is 11.4. The monoisotopic (exact) mass is 269 g/mol. The Bertz CT molecular complexity index is 702. The van der Waals surface area contributed by atoms with Crippen LogP contribution in [0.25, 0.3) is 17.1 Å². The van der Waals surface area contributed by atoms with Gasteiger partial charge in [0.2, 0.25) is 0 Å². The number of benzene rings is 1. The lowest BCUT2D eigenvalue weighted by atomic mass is 10.1. The van der Waals surface area contributed by atoms with E-state index >= 15 is 0 Å². The largest absolute Gasteiger partial charge is 0.497 e. The summed E-state index contributed by atoms with van der Waals surface area (Å²) in [5, 5.41) is 11.5. The van der Waals surface area contributed by atoms with Crippen LogP contribution < -0.4 is 4.74 Å². The summed E-state index contributed by atoms with van der Waals surface area (Å²) in [5.41, 5.74) is 1.79. The van der Waals surface area contributed by atoms with E-state index < -0.39 is 0 Å². The second-order valence-electron chi connectivity index (χ2n) is 4.29. The van der Waals surface area contributed by atoms with Crippen LogP contribution in [0, 0.1) is 0 Å². The molecule has 0 saturated carbocycles. The molecule has 0 bridgehead atoms. The topological polar surface area (TPSA) is 68.6 Å². The molecule has 0 aliphatic carbocycles. The molecule has 0 saturated heterocycles. The molecular weight excluding hydrogens is 254 g/mol. The number of ether oxygens (including phenoxy) is 1. The van der Waals surface area contributed by atoms with Gasteiger partial charge in [0.25, 0.3) is 0 Å². The van der Waals surface area contributed by atoms with Crippen LogP contribution >= 0.6 is 0 Å². The first-order valence-corrected chi connectivity index (χ1v) is 6.41. The van der Waals surface area contributed by atoms with Crippen LogP contribution in [-0.2, 0) is 6.42 Å². The molecule has 102 valence electrons. The van der Waals surface area contributed by atoms with E-state index in [4.69, 9.17) is 4.74 Å². The van der Waals surface area contributed by atoms with Gasteiger partial charge in [-0.05, 0) is 18.2 Å². The van der Waals surface area contributed by atoms with Gasteiger partial charge in [0.15, 0.2) is 5.82 Å². The smallest absolute Gasteiger partial charge is 0.183 e. The van der Waals surface area contributed by atoms with Gasteiger partial charge >= 0.3 is 0 Å². The molecule has 3 rings (SSSR count). The highest BCUT2D eigenvalue weighted by molar-refractivity contribution is 5.68. The highest BCUT2D eigenvalue weighted by Gasteiger charge is 2.13. The molecule has 0 radical (unpaired) electrons. The molecule has 3 aromatic rings. The van der Waals surface area contributed by atoms with Crippen LogP contribution in [-0.4, -0.2) is 32.1 Å². The SMILES string of the molecule is CCc1nc(-c2ccc(OC)cc2-n2cccn2)n[nH]1. The Morgan fingerprint density at radius 3 is 2.90 bits per heavy atom. The highest BCUT2D eigenvalue weighted by Crippen LogP contribution is 2.27. The van der Waals surface area contributed by atoms with E-state index in [0.29, 0.717) is 5.82 Å². The molecule has 0 spiro atoms. The lowest BCUT2D eigenvalue weighted by molar-refractivity contribution is 0.414. The Morgan fingerprint density at radius 2 is 2.25 bits per heavy atom. The van der Waals surface area contributed by atoms with Gasteiger partial charge in [0, 0.05) is 30.4 Å². The molecule has 0 unspecified atom stereocenters. The lowest BCUT2D eigenvalue weighted by Crippen LogP contribution is -1.99. The number of aromatic amines is 1. The fraction of sp³-hybridized carbons (Fsp3) is 0.214. The molecule has 2 heterocycles. The number of hydrogen-bond acceptors (Lipinski definition) is 4. The number of hydrogen-bond donors (Lipinski definition) is 1. The summed E-state index contributed by atoms with van der Waals surface area (Å²) >= 11 is 0. The van der Waals surface area contributed by atoms with Crippen LogP contribution in [0.4, 0.5) is 0 Å². The summed E-state index contributed by atoms with van der Waals surface area (Å²) in [7, 11) is 1.64. The van der Waals surface area contributed by atoms with Gasteiger partial charge in [-0.3, -0.25) is 5.10 Å². The van der Waals surface area contributed by atoms with Crippen LogP contribution in [0.1, 0.15) is 12.7 Å². The van der Waals surface area contributed by atoms with Crippen molar-refractivity contribution in [2.24, 2.45) is 0 Å². The average Bonchev–Trinajstić information content (AvgIpc) is 3.17. The van der Waals surface area contributed by atoms with Crippen molar-refractivity contribution in [3.05, 3.63) is 42.5 Å². The van der Waals surface area contributed by atoms with Crippen molar-refractivity contribution in [2.45, 2.75) is 13.3 Å². The van der Waals surface area contributed by atoms with Crippen molar-refractivity contribution in [3.63, 3.8) is 0 Å². The van der Waals surface area contributed by atoms with Gasteiger partial charge in [-0.25, -0.2) is 9.67 Å². The number of H-pyrrole nitrogens is 1. The predicted molar refractivity (Wildman–Crippen MR) is 74.9 cm³/mol. The Balaban J connectivity index is 2.14. The van der Waals surface area contributed by atoms with Crippen molar-refractivity contribution >= 4 is 0 Å². The van der Waals surface area contributed by atoms with Crippen molar-refractivity contribution < 1.29 is 4.74 Å². The minimum Gasteiger partial charge on any atom is -0.497 e. The third-order valence-electron chi connectivity index (χ3n) is 3.06. The quantitative estimate of drug-likeness (QED) is 0.788. The van der Waals surface area contributed by atoms with Crippen molar-refractivity contribution in [3.8, 4) is 22.8 Å². The van der Waals surface area contributed by atoms with Crippen molar-refractivity contribution in [2.75, 3.05) is 7.11 Å². The van der Waals surface area contributed by atoms with E-state index in [9.17, 15) is 0 Å². The third-order valence-corrected chi connectivity index (χ3v) is 3.06. The van der Waals surface area contributed by atoms with Crippen molar-refractivity contribution in [1.29, 1.82) is 0 Å². The molecule has 20 heavy (non-hydrogen) atoms. The van der Waals surface area contributed by atoms with Crippen molar-refractivity contribution in [1.82, 2.24) is 25.0 Å². The molecule has 0 atom stereocenters.